The topological polar surface area (TPSA) is 49.9 Å². The molecule has 0 radical (unpaired) electrons. The minimum Gasteiger partial charge on any atom is -0.378 e. The van der Waals surface area contributed by atoms with Gasteiger partial charge in [-0.05, 0) is 17.7 Å². The molecule has 0 saturated carbocycles. The van der Waals surface area contributed by atoms with Crippen LogP contribution in [0.2, 0.25) is 5.02 Å². The normalized spacial score (nSPS) is 24.8. The number of amides is 2. The average Bonchev–Trinajstić information content (AvgIpc) is 3.01. The maximum atomic E-state index is 12.8. The van der Waals surface area contributed by atoms with Crippen molar-refractivity contribution in [1.29, 1.82) is 0 Å². The summed E-state index contributed by atoms with van der Waals surface area (Å²) in [6.07, 6.45) is 0. The van der Waals surface area contributed by atoms with E-state index in [-0.39, 0.29) is 17.2 Å². The van der Waals surface area contributed by atoms with Crippen LogP contribution in [0.15, 0.2) is 24.3 Å². The molecule has 0 bridgehead atoms. The Morgan fingerprint density at radius 3 is 2.48 bits per heavy atom. The van der Waals surface area contributed by atoms with Gasteiger partial charge in [0, 0.05) is 30.8 Å². The highest BCUT2D eigenvalue weighted by molar-refractivity contribution is 7.99. The van der Waals surface area contributed by atoms with E-state index in [2.05, 4.69) is 0 Å². The van der Waals surface area contributed by atoms with Gasteiger partial charge in [0.15, 0.2) is 0 Å². The Labute approximate surface area is 144 Å². The molecule has 23 heavy (non-hydrogen) atoms. The van der Waals surface area contributed by atoms with E-state index in [4.69, 9.17) is 16.3 Å². The zero-order chi connectivity index (χ0) is 16.4. The standard InChI is InChI=1S/C16H19ClN2O3S/c1-11(20)19-14(15(21)18-6-8-22-9-7-18)10-23-16(19)12-2-4-13(17)5-3-12/h2-5,14,16H,6-10H2,1H3. The van der Waals surface area contributed by atoms with E-state index < -0.39 is 6.04 Å². The number of hydrogen-bond donors (Lipinski definition) is 0. The predicted molar refractivity (Wildman–Crippen MR) is 90.4 cm³/mol. The van der Waals surface area contributed by atoms with E-state index in [0.29, 0.717) is 37.1 Å². The number of hydrogen-bond acceptors (Lipinski definition) is 4. The molecule has 2 aliphatic heterocycles. The van der Waals surface area contributed by atoms with E-state index in [0.717, 1.165) is 5.56 Å². The fourth-order valence-electron chi connectivity index (χ4n) is 2.96. The van der Waals surface area contributed by atoms with Gasteiger partial charge in [-0.3, -0.25) is 9.59 Å². The zero-order valence-electron chi connectivity index (χ0n) is 12.9. The third kappa shape index (κ3) is 3.49. The van der Waals surface area contributed by atoms with Gasteiger partial charge in [0.1, 0.15) is 11.4 Å². The van der Waals surface area contributed by atoms with Gasteiger partial charge in [-0.2, -0.15) is 0 Å². The Hall–Kier alpha value is -1.24. The quantitative estimate of drug-likeness (QED) is 0.816. The first-order chi connectivity index (χ1) is 11.1. The van der Waals surface area contributed by atoms with Gasteiger partial charge in [-0.15, -0.1) is 11.8 Å². The van der Waals surface area contributed by atoms with Crippen molar-refractivity contribution < 1.29 is 14.3 Å². The highest BCUT2D eigenvalue weighted by Crippen LogP contribution is 2.42. The van der Waals surface area contributed by atoms with E-state index in [9.17, 15) is 9.59 Å². The van der Waals surface area contributed by atoms with E-state index in [1.807, 2.05) is 24.3 Å². The Bertz CT molecular complexity index is 589. The van der Waals surface area contributed by atoms with Gasteiger partial charge in [0.05, 0.1) is 13.2 Å². The molecule has 124 valence electrons. The summed E-state index contributed by atoms with van der Waals surface area (Å²) in [6.45, 7) is 3.84. The summed E-state index contributed by atoms with van der Waals surface area (Å²) < 4.78 is 5.30. The molecule has 0 spiro atoms. The second-order valence-corrected chi connectivity index (χ2v) is 7.17. The minimum atomic E-state index is -0.406. The molecule has 1 aromatic carbocycles. The van der Waals surface area contributed by atoms with Gasteiger partial charge in [0.2, 0.25) is 11.8 Å². The van der Waals surface area contributed by atoms with Crippen molar-refractivity contribution in [2.24, 2.45) is 0 Å². The fourth-order valence-corrected chi connectivity index (χ4v) is 4.56. The van der Waals surface area contributed by atoms with Crippen molar-refractivity contribution in [3.05, 3.63) is 34.9 Å². The molecule has 0 aliphatic carbocycles. The van der Waals surface area contributed by atoms with E-state index >= 15 is 0 Å². The lowest BCUT2D eigenvalue weighted by molar-refractivity contribution is -0.146. The summed E-state index contributed by atoms with van der Waals surface area (Å²) in [4.78, 5) is 28.5. The van der Waals surface area contributed by atoms with Crippen molar-refractivity contribution in [2.75, 3.05) is 32.1 Å². The molecule has 7 heteroatoms. The van der Waals surface area contributed by atoms with Crippen molar-refractivity contribution in [1.82, 2.24) is 9.80 Å². The van der Waals surface area contributed by atoms with Gasteiger partial charge < -0.3 is 14.5 Å². The lowest BCUT2D eigenvalue weighted by atomic mass is 10.1. The van der Waals surface area contributed by atoms with Crippen molar-refractivity contribution in [3.8, 4) is 0 Å². The fraction of sp³-hybridized carbons (Fsp3) is 0.500. The average molecular weight is 355 g/mol. The number of thioether (sulfide) groups is 1. The number of rotatable bonds is 2. The number of carbonyl (C=O) groups excluding carboxylic acids is 2. The maximum Gasteiger partial charge on any atom is 0.246 e. The van der Waals surface area contributed by atoms with Gasteiger partial charge in [-0.1, -0.05) is 23.7 Å². The first-order valence-corrected chi connectivity index (χ1v) is 9.03. The van der Waals surface area contributed by atoms with Gasteiger partial charge >= 0.3 is 0 Å². The maximum absolute atomic E-state index is 12.8. The lowest BCUT2D eigenvalue weighted by Gasteiger charge is -2.33. The minimum absolute atomic E-state index is 0.0208. The Balaban J connectivity index is 1.80. The lowest BCUT2D eigenvalue weighted by Crippen LogP contribution is -2.52. The zero-order valence-corrected chi connectivity index (χ0v) is 14.5. The summed E-state index contributed by atoms with van der Waals surface area (Å²) in [5.41, 5.74) is 0.992. The first-order valence-electron chi connectivity index (χ1n) is 7.60. The van der Waals surface area contributed by atoms with Crippen LogP contribution in [-0.4, -0.2) is 59.7 Å². The van der Waals surface area contributed by atoms with Crippen LogP contribution in [0.3, 0.4) is 0 Å². The highest BCUT2D eigenvalue weighted by atomic mass is 35.5. The number of morpholine rings is 1. The third-order valence-corrected chi connectivity index (χ3v) is 5.70. The third-order valence-electron chi connectivity index (χ3n) is 4.13. The van der Waals surface area contributed by atoms with Crippen molar-refractivity contribution in [3.63, 3.8) is 0 Å². The summed E-state index contributed by atoms with van der Waals surface area (Å²) in [7, 11) is 0. The van der Waals surface area contributed by atoms with E-state index in [1.54, 1.807) is 21.6 Å². The molecule has 0 N–H and O–H groups in total. The molecule has 2 heterocycles. The number of halogens is 1. The predicted octanol–water partition coefficient (Wildman–Crippen LogP) is 2.16. The van der Waals surface area contributed by atoms with Gasteiger partial charge in [-0.25, -0.2) is 0 Å². The molecule has 2 saturated heterocycles. The molecule has 5 nitrogen and oxygen atoms in total. The molecule has 2 amide bonds. The summed E-state index contributed by atoms with van der Waals surface area (Å²) in [5, 5.41) is 0.520. The van der Waals surface area contributed by atoms with Crippen LogP contribution in [0.1, 0.15) is 17.9 Å². The molecule has 0 aromatic heterocycles. The molecular weight excluding hydrogens is 336 g/mol. The monoisotopic (exact) mass is 354 g/mol. The van der Waals surface area contributed by atoms with Crippen LogP contribution < -0.4 is 0 Å². The molecule has 2 aliphatic rings. The second-order valence-electron chi connectivity index (χ2n) is 5.62. The molecule has 3 rings (SSSR count). The van der Waals surface area contributed by atoms with Crippen LogP contribution in [0, 0.1) is 0 Å². The first kappa shape index (κ1) is 16.6. The van der Waals surface area contributed by atoms with E-state index in [1.165, 1.54) is 6.92 Å². The summed E-state index contributed by atoms with van der Waals surface area (Å²) in [6, 6.07) is 7.05. The van der Waals surface area contributed by atoms with Crippen LogP contribution >= 0.6 is 23.4 Å². The molecule has 1 aromatic rings. The van der Waals surface area contributed by atoms with Crippen LogP contribution in [-0.2, 0) is 14.3 Å². The largest absolute Gasteiger partial charge is 0.378 e. The molecule has 2 atom stereocenters. The number of nitrogens with zero attached hydrogens (tertiary/aromatic N) is 2. The Morgan fingerprint density at radius 1 is 1.22 bits per heavy atom. The number of benzene rings is 1. The Kier molecular flexibility index (Phi) is 5.14. The number of ether oxygens (including phenoxy) is 1. The Morgan fingerprint density at radius 2 is 1.87 bits per heavy atom. The second kappa shape index (κ2) is 7.11. The SMILES string of the molecule is CC(=O)N1C(C(=O)N2CCOCC2)CSC1c1ccc(Cl)cc1. The summed E-state index contributed by atoms with van der Waals surface area (Å²) >= 11 is 7.56. The number of carbonyl (C=O) groups is 2. The summed E-state index contributed by atoms with van der Waals surface area (Å²) in [5.74, 6) is 0.553. The van der Waals surface area contributed by atoms with Crippen molar-refractivity contribution in [2.45, 2.75) is 18.3 Å². The van der Waals surface area contributed by atoms with Crippen LogP contribution in [0.25, 0.3) is 0 Å². The molecule has 2 fully saturated rings. The molecular formula is C16H19ClN2O3S. The van der Waals surface area contributed by atoms with Crippen LogP contribution in [0.5, 0.6) is 0 Å². The van der Waals surface area contributed by atoms with Crippen molar-refractivity contribution >= 4 is 35.2 Å². The molecule has 2 unspecified atom stereocenters. The highest BCUT2D eigenvalue weighted by Gasteiger charge is 2.42. The van der Waals surface area contributed by atoms with Crippen LogP contribution in [0.4, 0.5) is 0 Å². The van der Waals surface area contributed by atoms with Gasteiger partial charge in [0.25, 0.3) is 0 Å². The smallest absolute Gasteiger partial charge is 0.246 e.